The maximum absolute atomic E-state index is 12.5. The number of alkyl halides is 3. The minimum Gasteiger partial charge on any atom is -0.495 e. The van der Waals surface area contributed by atoms with Crippen LogP contribution in [-0.4, -0.2) is 12.1 Å². The Morgan fingerprint density at radius 1 is 1.57 bits per heavy atom. The summed E-state index contributed by atoms with van der Waals surface area (Å²) < 4.78 is 30.3. The molecule has 0 aliphatic heterocycles. The minimum atomic E-state index is -2.59. The van der Waals surface area contributed by atoms with Gasteiger partial charge < -0.3 is 4.74 Å². The van der Waals surface area contributed by atoms with Gasteiger partial charge >= 0.3 is 0 Å². The second-order valence-corrected chi connectivity index (χ2v) is 3.80. The standard InChI is InChI=1S/C8H7Br2F2NO/c1-14-7-4(8(11)12)3-13-5(2-9)6(7)10/h3,8H,2H2,1H3. The van der Waals surface area contributed by atoms with Crippen molar-refractivity contribution in [3.05, 3.63) is 21.9 Å². The van der Waals surface area contributed by atoms with Crippen LogP contribution in [0.1, 0.15) is 17.7 Å². The first-order valence-corrected chi connectivity index (χ1v) is 5.58. The fourth-order valence-corrected chi connectivity index (χ4v) is 2.41. The largest absolute Gasteiger partial charge is 0.495 e. The van der Waals surface area contributed by atoms with Gasteiger partial charge in [0.15, 0.2) is 0 Å². The lowest BCUT2D eigenvalue weighted by Crippen LogP contribution is -1.98. The van der Waals surface area contributed by atoms with Crippen LogP contribution in [-0.2, 0) is 5.33 Å². The zero-order chi connectivity index (χ0) is 10.7. The van der Waals surface area contributed by atoms with E-state index in [1.54, 1.807) is 0 Å². The second-order valence-electron chi connectivity index (χ2n) is 2.44. The zero-order valence-corrected chi connectivity index (χ0v) is 10.4. The van der Waals surface area contributed by atoms with E-state index in [9.17, 15) is 8.78 Å². The van der Waals surface area contributed by atoms with Gasteiger partial charge in [-0.05, 0) is 15.9 Å². The van der Waals surface area contributed by atoms with Crippen LogP contribution in [0.4, 0.5) is 8.78 Å². The van der Waals surface area contributed by atoms with E-state index in [-0.39, 0.29) is 11.3 Å². The summed E-state index contributed by atoms with van der Waals surface area (Å²) in [6.07, 6.45) is -1.46. The molecule has 0 spiro atoms. The van der Waals surface area contributed by atoms with Crippen LogP contribution in [0.3, 0.4) is 0 Å². The summed E-state index contributed by atoms with van der Waals surface area (Å²) in [7, 11) is 1.35. The molecule has 1 heterocycles. The van der Waals surface area contributed by atoms with Crippen LogP contribution in [0.2, 0.25) is 0 Å². The minimum absolute atomic E-state index is 0.143. The Morgan fingerprint density at radius 2 is 2.21 bits per heavy atom. The number of halogens is 4. The van der Waals surface area contributed by atoms with Gasteiger partial charge in [-0.25, -0.2) is 8.78 Å². The Labute approximate surface area is 96.9 Å². The highest BCUT2D eigenvalue weighted by molar-refractivity contribution is 9.11. The Kier molecular flexibility index (Phi) is 4.25. The molecule has 78 valence electrons. The molecule has 0 aromatic carbocycles. The van der Waals surface area contributed by atoms with E-state index in [0.29, 0.717) is 15.5 Å². The molecular weight excluding hydrogens is 324 g/mol. The fourth-order valence-electron chi connectivity index (χ4n) is 0.977. The van der Waals surface area contributed by atoms with E-state index in [1.807, 2.05) is 0 Å². The van der Waals surface area contributed by atoms with Gasteiger partial charge in [0.25, 0.3) is 6.43 Å². The summed E-state index contributed by atoms with van der Waals surface area (Å²) in [5.74, 6) is 0.143. The molecule has 1 aromatic rings. The number of nitrogens with zero attached hydrogens (tertiary/aromatic N) is 1. The molecule has 0 aliphatic rings. The van der Waals surface area contributed by atoms with Crippen molar-refractivity contribution in [3.8, 4) is 5.75 Å². The SMILES string of the molecule is COc1c(C(F)F)cnc(CBr)c1Br. The van der Waals surface area contributed by atoms with E-state index < -0.39 is 6.43 Å². The highest BCUT2D eigenvalue weighted by Gasteiger charge is 2.19. The molecule has 6 heteroatoms. The highest BCUT2D eigenvalue weighted by Crippen LogP contribution is 2.36. The van der Waals surface area contributed by atoms with E-state index in [1.165, 1.54) is 7.11 Å². The predicted octanol–water partition coefficient (Wildman–Crippen LogP) is 3.69. The highest BCUT2D eigenvalue weighted by atomic mass is 79.9. The van der Waals surface area contributed by atoms with Gasteiger partial charge in [-0.15, -0.1) is 0 Å². The molecule has 0 saturated carbocycles. The van der Waals surface area contributed by atoms with Gasteiger partial charge in [-0.2, -0.15) is 0 Å². The third kappa shape index (κ3) is 2.23. The lowest BCUT2D eigenvalue weighted by Gasteiger charge is -2.11. The quantitative estimate of drug-likeness (QED) is 0.789. The summed E-state index contributed by atoms with van der Waals surface area (Å²) in [6.45, 7) is 0. The molecule has 0 aliphatic carbocycles. The first-order chi connectivity index (χ1) is 6.61. The van der Waals surface area contributed by atoms with Crippen LogP contribution in [0.15, 0.2) is 10.7 Å². The topological polar surface area (TPSA) is 22.1 Å². The molecule has 1 aromatic heterocycles. The predicted molar refractivity (Wildman–Crippen MR) is 56.1 cm³/mol. The van der Waals surface area contributed by atoms with E-state index >= 15 is 0 Å². The Bertz CT molecular complexity index is 333. The third-order valence-electron chi connectivity index (χ3n) is 1.64. The molecule has 2 nitrogen and oxygen atoms in total. The lowest BCUT2D eigenvalue weighted by molar-refractivity contribution is 0.146. The number of hydrogen-bond donors (Lipinski definition) is 0. The van der Waals surface area contributed by atoms with Crippen molar-refractivity contribution in [2.45, 2.75) is 11.8 Å². The smallest absolute Gasteiger partial charge is 0.268 e. The van der Waals surface area contributed by atoms with Crippen LogP contribution < -0.4 is 4.74 Å². The monoisotopic (exact) mass is 329 g/mol. The molecule has 1 rings (SSSR count). The van der Waals surface area contributed by atoms with Gasteiger partial charge in [0.05, 0.1) is 22.8 Å². The zero-order valence-electron chi connectivity index (χ0n) is 7.23. The van der Waals surface area contributed by atoms with Crippen molar-refractivity contribution in [2.24, 2.45) is 0 Å². The van der Waals surface area contributed by atoms with Crippen LogP contribution in [0.25, 0.3) is 0 Å². The summed E-state index contributed by atoms with van der Waals surface area (Å²) in [5, 5.41) is 0.480. The van der Waals surface area contributed by atoms with E-state index in [4.69, 9.17) is 4.74 Å². The molecule has 0 radical (unpaired) electrons. The number of aromatic nitrogens is 1. The summed E-state index contributed by atoms with van der Waals surface area (Å²) in [6, 6.07) is 0. The Hall–Kier alpha value is -0.230. The van der Waals surface area contributed by atoms with Crippen LogP contribution >= 0.6 is 31.9 Å². The molecule has 0 atom stereocenters. The molecule has 0 saturated heterocycles. The second kappa shape index (κ2) is 5.02. The summed E-state index contributed by atoms with van der Waals surface area (Å²) in [4.78, 5) is 3.87. The summed E-state index contributed by atoms with van der Waals surface area (Å²) in [5.41, 5.74) is 0.426. The van der Waals surface area contributed by atoms with E-state index in [2.05, 4.69) is 36.8 Å². The molecule has 0 bridgehead atoms. The molecule has 14 heavy (non-hydrogen) atoms. The van der Waals surface area contributed by atoms with Gasteiger partial charge in [0, 0.05) is 11.5 Å². The first kappa shape index (κ1) is 11.8. The number of rotatable bonds is 3. The lowest BCUT2D eigenvalue weighted by atomic mass is 10.2. The molecular formula is C8H7Br2F2NO. The van der Waals surface area contributed by atoms with Crippen molar-refractivity contribution < 1.29 is 13.5 Å². The average molecular weight is 331 g/mol. The average Bonchev–Trinajstić information content (AvgIpc) is 2.17. The Balaban J connectivity index is 3.28. The summed E-state index contributed by atoms with van der Waals surface area (Å²) >= 11 is 6.37. The first-order valence-electron chi connectivity index (χ1n) is 3.67. The number of methoxy groups -OCH3 is 1. The van der Waals surface area contributed by atoms with Gasteiger partial charge in [0.1, 0.15) is 5.75 Å². The number of pyridine rings is 1. The fraction of sp³-hybridized carbons (Fsp3) is 0.375. The number of ether oxygens (including phenoxy) is 1. The normalized spacial score (nSPS) is 10.7. The third-order valence-corrected chi connectivity index (χ3v) is 2.99. The maximum atomic E-state index is 12.5. The molecule has 0 N–H and O–H groups in total. The molecule has 0 unspecified atom stereocenters. The van der Waals surface area contributed by atoms with E-state index in [0.717, 1.165) is 6.20 Å². The van der Waals surface area contributed by atoms with Gasteiger partial charge in [-0.1, -0.05) is 15.9 Å². The van der Waals surface area contributed by atoms with Gasteiger partial charge in [-0.3, -0.25) is 4.98 Å². The maximum Gasteiger partial charge on any atom is 0.268 e. The van der Waals surface area contributed by atoms with Crippen LogP contribution in [0.5, 0.6) is 5.75 Å². The van der Waals surface area contributed by atoms with Crippen molar-refractivity contribution >= 4 is 31.9 Å². The van der Waals surface area contributed by atoms with Crippen molar-refractivity contribution in [2.75, 3.05) is 7.11 Å². The van der Waals surface area contributed by atoms with Crippen molar-refractivity contribution in [3.63, 3.8) is 0 Å². The molecule has 0 fully saturated rings. The molecule has 0 amide bonds. The Morgan fingerprint density at radius 3 is 2.64 bits per heavy atom. The van der Waals surface area contributed by atoms with Crippen LogP contribution in [0, 0.1) is 0 Å². The van der Waals surface area contributed by atoms with Crippen molar-refractivity contribution in [1.82, 2.24) is 4.98 Å². The van der Waals surface area contributed by atoms with Gasteiger partial charge in [0.2, 0.25) is 0 Å². The number of hydrogen-bond acceptors (Lipinski definition) is 2. The van der Waals surface area contributed by atoms with Crippen molar-refractivity contribution in [1.29, 1.82) is 0 Å².